The van der Waals surface area contributed by atoms with Crippen molar-refractivity contribution in [2.24, 2.45) is 5.10 Å². The molecule has 1 saturated heterocycles. The van der Waals surface area contributed by atoms with Crippen LogP contribution in [0.4, 0.5) is 0 Å². The highest BCUT2D eigenvalue weighted by atomic mass is 35.5. The Morgan fingerprint density at radius 3 is 2.82 bits per heavy atom. The average Bonchev–Trinajstić information content (AvgIpc) is 2.57. The van der Waals surface area contributed by atoms with E-state index < -0.39 is 0 Å². The molecule has 1 aromatic rings. The van der Waals surface area contributed by atoms with Crippen LogP contribution in [0.2, 0.25) is 0 Å². The zero-order valence-electron chi connectivity index (χ0n) is 13.2. The third kappa shape index (κ3) is 4.80. The molecule has 5 nitrogen and oxygen atoms in total. The van der Waals surface area contributed by atoms with Crippen molar-refractivity contribution in [1.29, 1.82) is 0 Å². The molecular formula is C16H23ClN4O. The fraction of sp³-hybridized carbons (Fsp3) is 0.500. The predicted molar refractivity (Wildman–Crippen MR) is 90.3 cm³/mol. The highest BCUT2D eigenvalue weighted by Gasteiger charge is 2.16. The van der Waals surface area contributed by atoms with Crippen molar-refractivity contribution in [2.45, 2.75) is 13.8 Å². The summed E-state index contributed by atoms with van der Waals surface area (Å²) in [4.78, 5) is 6.70. The minimum Gasteiger partial charge on any atom is -0.379 e. The van der Waals surface area contributed by atoms with Gasteiger partial charge in [-0.1, -0.05) is 17.7 Å². The minimum absolute atomic E-state index is 0.658. The van der Waals surface area contributed by atoms with Gasteiger partial charge in [0.1, 0.15) is 5.71 Å². The normalized spacial score (nSPS) is 18.0. The number of hydrogen-bond donors (Lipinski definition) is 1. The number of morpholine rings is 1. The first kappa shape index (κ1) is 16.9. The van der Waals surface area contributed by atoms with Crippen LogP contribution in [0, 0.1) is 0 Å². The van der Waals surface area contributed by atoms with E-state index in [1.807, 2.05) is 32.0 Å². The number of halogens is 1. The molecule has 0 saturated carbocycles. The topological polar surface area (TPSA) is 49.8 Å². The van der Waals surface area contributed by atoms with Crippen LogP contribution in [-0.4, -0.2) is 55.0 Å². The molecule has 1 fully saturated rings. The quantitative estimate of drug-likeness (QED) is 0.644. The van der Waals surface area contributed by atoms with Crippen molar-refractivity contribution in [2.75, 3.05) is 39.4 Å². The van der Waals surface area contributed by atoms with E-state index >= 15 is 0 Å². The summed E-state index contributed by atoms with van der Waals surface area (Å²) in [6.45, 7) is 9.03. The Labute approximate surface area is 137 Å². The fourth-order valence-corrected chi connectivity index (χ4v) is 2.44. The van der Waals surface area contributed by atoms with E-state index in [1.165, 1.54) is 0 Å². The Hall–Kier alpha value is -1.43. The summed E-state index contributed by atoms with van der Waals surface area (Å²) in [5.41, 5.74) is 5.53. The van der Waals surface area contributed by atoms with Gasteiger partial charge in [-0.25, -0.2) is 0 Å². The average molecular weight is 323 g/mol. The van der Waals surface area contributed by atoms with Crippen LogP contribution in [0.1, 0.15) is 19.5 Å². The van der Waals surface area contributed by atoms with Gasteiger partial charge in [-0.3, -0.25) is 9.88 Å². The van der Waals surface area contributed by atoms with Gasteiger partial charge in [0.05, 0.1) is 23.9 Å². The molecule has 0 spiro atoms. The molecule has 6 heteroatoms. The maximum atomic E-state index is 6.60. The van der Waals surface area contributed by atoms with Gasteiger partial charge in [0.2, 0.25) is 0 Å². The lowest BCUT2D eigenvalue weighted by Gasteiger charge is -2.27. The molecule has 0 atom stereocenters. The summed E-state index contributed by atoms with van der Waals surface area (Å²) in [7, 11) is 0. The molecular weight excluding hydrogens is 300 g/mol. The SMILES string of the molecule is CCN/N=C(\C(Cl)=C(/C)CN1CCOCC1)c1ccccn1. The van der Waals surface area contributed by atoms with Crippen LogP contribution in [0.5, 0.6) is 0 Å². The molecule has 120 valence electrons. The van der Waals surface area contributed by atoms with Crippen LogP contribution in [-0.2, 0) is 4.74 Å². The molecule has 0 aromatic carbocycles. The van der Waals surface area contributed by atoms with Crippen LogP contribution >= 0.6 is 11.6 Å². The van der Waals surface area contributed by atoms with Crippen LogP contribution < -0.4 is 5.43 Å². The van der Waals surface area contributed by atoms with Crippen molar-refractivity contribution >= 4 is 17.3 Å². The standard InChI is InChI=1S/C16H23ClN4O/c1-3-19-20-16(14-6-4-5-7-18-14)15(17)13(2)12-21-8-10-22-11-9-21/h4-7,19H,3,8-12H2,1-2H3/b15-13-,20-16-. The van der Waals surface area contributed by atoms with E-state index in [4.69, 9.17) is 16.3 Å². The number of hydrazone groups is 1. The van der Waals surface area contributed by atoms with Crippen LogP contribution in [0.15, 0.2) is 40.1 Å². The number of rotatable bonds is 6. The number of aromatic nitrogens is 1. The van der Waals surface area contributed by atoms with Crippen molar-refractivity contribution in [1.82, 2.24) is 15.3 Å². The summed E-state index contributed by atoms with van der Waals surface area (Å²) >= 11 is 6.60. The Morgan fingerprint density at radius 1 is 1.41 bits per heavy atom. The lowest BCUT2D eigenvalue weighted by Crippen LogP contribution is -2.37. The second-order valence-electron chi connectivity index (χ2n) is 5.17. The Kier molecular flexibility index (Phi) is 6.83. The van der Waals surface area contributed by atoms with Gasteiger partial charge < -0.3 is 10.2 Å². The van der Waals surface area contributed by atoms with Crippen LogP contribution in [0.25, 0.3) is 0 Å². The Morgan fingerprint density at radius 2 is 2.18 bits per heavy atom. The van der Waals surface area contributed by atoms with Gasteiger partial charge in [-0.15, -0.1) is 0 Å². The number of hydrogen-bond acceptors (Lipinski definition) is 5. The second-order valence-corrected chi connectivity index (χ2v) is 5.55. The molecule has 22 heavy (non-hydrogen) atoms. The van der Waals surface area contributed by atoms with E-state index in [0.29, 0.717) is 10.7 Å². The molecule has 2 heterocycles. The summed E-state index contributed by atoms with van der Waals surface area (Å²) in [6.07, 6.45) is 1.75. The second kappa shape index (κ2) is 8.88. The van der Waals surface area contributed by atoms with Gasteiger partial charge in [0.25, 0.3) is 0 Å². The maximum Gasteiger partial charge on any atom is 0.127 e. The van der Waals surface area contributed by atoms with Crippen molar-refractivity contribution in [3.63, 3.8) is 0 Å². The molecule has 1 N–H and O–H groups in total. The highest BCUT2D eigenvalue weighted by molar-refractivity contribution is 6.46. The molecule has 0 radical (unpaired) electrons. The number of ether oxygens (including phenoxy) is 1. The maximum absolute atomic E-state index is 6.60. The fourth-order valence-electron chi connectivity index (χ4n) is 2.25. The highest BCUT2D eigenvalue weighted by Crippen LogP contribution is 2.17. The smallest absolute Gasteiger partial charge is 0.127 e. The van der Waals surface area contributed by atoms with Crippen LogP contribution in [0.3, 0.4) is 0 Å². The molecule has 0 amide bonds. The van der Waals surface area contributed by atoms with Gasteiger partial charge >= 0.3 is 0 Å². The zero-order chi connectivity index (χ0) is 15.8. The number of pyridine rings is 1. The number of allylic oxidation sites excluding steroid dienone is 1. The first-order chi connectivity index (χ1) is 10.7. The minimum atomic E-state index is 0.658. The molecule has 1 aliphatic heterocycles. The number of nitrogens with one attached hydrogen (secondary N) is 1. The Bertz CT molecular complexity index is 524. The van der Waals surface area contributed by atoms with Crippen molar-refractivity contribution < 1.29 is 4.74 Å². The van der Waals surface area contributed by atoms with E-state index in [9.17, 15) is 0 Å². The Balaban J connectivity index is 2.19. The lowest BCUT2D eigenvalue weighted by atomic mass is 10.1. The third-order valence-corrected chi connectivity index (χ3v) is 3.91. The molecule has 1 aromatic heterocycles. The largest absolute Gasteiger partial charge is 0.379 e. The van der Waals surface area contributed by atoms with Gasteiger partial charge in [0, 0.05) is 32.4 Å². The molecule has 0 bridgehead atoms. The van der Waals surface area contributed by atoms with Crippen molar-refractivity contribution in [3.8, 4) is 0 Å². The lowest BCUT2D eigenvalue weighted by molar-refractivity contribution is 0.0423. The number of nitrogens with zero attached hydrogens (tertiary/aromatic N) is 3. The summed E-state index contributed by atoms with van der Waals surface area (Å²) in [6, 6.07) is 5.73. The van der Waals surface area contributed by atoms with E-state index in [1.54, 1.807) is 6.20 Å². The van der Waals surface area contributed by atoms with E-state index in [-0.39, 0.29) is 0 Å². The molecule has 0 aliphatic carbocycles. The molecule has 2 rings (SSSR count). The first-order valence-electron chi connectivity index (χ1n) is 7.60. The van der Waals surface area contributed by atoms with E-state index in [2.05, 4.69) is 20.4 Å². The predicted octanol–water partition coefficient (Wildman–Crippen LogP) is 2.24. The third-order valence-electron chi connectivity index (χ3n) is 3.40. The van der Waals surface area contributed by atoms with Gasteiger partial charge in [0.15, 0.2) is 0 Å². The molecule has 0 unspecified atom stereocenters. The zero-order valence-corrected chi connectivity index (χ0v) is 13.9. The summed E-state index contributed by atoms with van der Waals surface area (Å²) in [5.74, 6) is 0. The summed E-state index contributed by atoms with van der Waals surface area (Å²) in [5, 5.41) is 5.06. The first-order valence-corrected chi connectivity index (χ1v) is 7.97. The summed E-state index contributed by atoms with van der Waals surface area (Å²) < 4.78 is 5.38. The monoisotopic (exact) mass is 322 g/mol. The van der Waals surface area contributed by atoms with Gasteiger partial charge in [-0.05, 0) is 31.6 Å². The van der Waals surface area contributed by atoms with E-state index in [0.717, 1.165) is 50.7 Å². The van der Waals surface area contributed by atoms with Crippen molar-refractivity contribution in [3.05, 3.63) is 40.7 Å². The van der Waals surface area contributed by atoms with Gasteiger partial charge in [-0.2, -0.15) is 5.10 Å². The molecule has 1 aliphatic rings.